The zero-order chi connectivity index (χ0) is 20.4. The summed E-state index contributed by atoms with van der Waals surface area (Å²) >= 11 is 12.5. The van der Waals surface area contributed by atoms with Gasteiger partial charge in [-0.15, -0.1) is 0 Å². The summed E-state index contributed by atoms with van der Waals surface area (Å²) in [5.74, 6) is -1.05. The Morgan fingerprint density at radius 1 is 1.21 bits per heavy atom. The van der Waals surface area contributed by atoms with E-state index in [1.807, 2.05) is 0 Å². The standard InChI is InChI=1S/C19H13Cl2NO5S/c1-27-15-7-10(6-13(21)17(15)24)8-16-18(25)22(19(26)28-16)9-14(23)11-2-4-12(20)5-3-11/h2-8,24H,9H2,1H3. The number of rotatable bonds is 5. The zero-order valence-electron chi connectivity index (χ0n) is 14.4. The molecule has 0 saturated carbocycles. The summed E-state index contributed by atoms with van der Waals surface area (Å²) in [5.41, 5.74) is 0.816. The number of phenolic OH excluding ortho intramolecular Hbond substituents is 1. The molecule has 0 aliphatic carbocycles. The van der Waals surface area contributed by atoms with E-state index in [2.05, 4.69) is 0 Å². The summed E-state index contributed by atoms with van der Waals surface area (Å²) in [6.45, 7) is -0.372. The van der Waals surface area contributed by atoms with Gasteiger partial charge in [0.15, 0.2) is 17.3 Å². The second kappa shape index (κ2) is 8.26. The number of Topliss-reactive ketones (excluding diaryl/α,β-unsaturated/α-hetero) is 1. The number of hydrogen-bond acceptors (Lipinski definition) is 6. The number of carbonyl (C=O) groups is 3. The van der Waals surface area contributed by atoms with Crippen LogP contribution in [-0.2, 0) is 4.79 Å². The van der Waals surface area contributed by atoms with Crippen LogP contribution in [0.1, 0.15) is 15.9 Å². The van der Waals surface area contributed by atoms with Crippen LogP contribution in [0.2, 0.25) is 10.0 Å². The van der Waals surface area contributed by atoms with Crippen LogP contribution in [0.4, 0.5) is 4.79 Å². The Labute approximate surface area is 174 Å². The van der Waals surface area contributed by atoms with Crippen molar-refractivity contribution in [1.82, 2.24) is 4.90 Å². The lowest BCUT2D eigenvalue weighted by molar-refractivity contribution is -0.122. The molecule has 0 spiro atoms. The second-order valence-electron chi connectivity index (χ2n) is 5.75. The molecule has 1 heterocycles. The predicted molar refractivity (Wildman–Crippen MR) is 108 cm³/mol. The molecule has 28 heavy (non-hydrogen) atoms. The Bertz CT molecular complexity index is 1000. The molecule has 1 fully saturated rings. The van der Waals surface area contributed by atoms with Crippen LogP contribution in [-0.4, -0.2) is 40.6 Å². The maximum absolute atomic E-state index is 12.6. The van der Waals surface area contributed by atoms with Crippen molar-refractivity contribution in [2.45, 2.75) is 0 Å². The Morgan fingerprint density at radius 2 is 1.89 bits per heavy atom. The highest BCUT2D eigenvalue weighted by molar-refractivity contribution is 8.18. The quantitative estimate of drug-likeness (QED) is 0.542. The van der Waals surface area contributed by atoms with Crippen molar-refractivity contribution in [2.24, 2.45) is 0 Å². The fourth-order valence-electron chi connectivity index (χ4n) is 2.49. The van der Waals surface area contributed by atoms with E-state index in [1.165, 1.54) is 37.5 Å². The van der Waals surface area contributed by atoms with Crippen LogP contribution < -0.4 is 4.74 Å². The van der Waals surface area contributed by atoms with E-state index in [9.17, 15) is 19.5 Å². The van der Waals surface area contributed by atoms with Gasteiger partial charge in [-0.25, -0.2) is 0 Å². The number of halogens is 2. The van der Waals surface area contributed by atoms with Gasteiger partial charge in [0, 0.05) is 10.6 Å². The van der Waals surface area contributed by atoms with Gasteiger partial charge >= 0.3 is 0 Å². The third kappa shape index (κ3) is 4.16. The van der Waals surface area contributed by atoms with Gasteiger partial charge in [0.1, 0.15) is 0 Å². The predicted octanol–water partition coefficient (Wildman–Crippen LogP) is 4.63. The number of ether oxygens (including phenoxy) is 1. The highest BCUT2D eigenvalue weighted by atomic mass is 35.5. The number of ketones is 1. The van der Waals surface area contributed by atoms with Crippen LogP contribution in [0.5, 0.6) is 11.5 Å². The monoisotopic (exact) mass is 437 g/mol. The van der Waals surface area contributed by atoms with Crippen molar-refractivity contribution in [3.05, 3.63) is 62.5 Å². The third-order valence-electron chi connectivity index (χ3n) is 3.91. The van der Waals surface area contributed by atoms with Crippen molar-refractivity contribution in [3.63, 3.8) is 0 Å². The van der Waals surface area contributed by atoms with Gasteiger partial charge in [-0.1, -0.05) is 23.2 Å². The highest BCUT2D eigenvalue weighted by Gasteiger charge is 2.36. The summed E-state index contributed by atoms with van der Waals surface area (Å²) in [6, 6.07) is 9.10. The number of aromatic hydroxyl groups is 1. The molecule has 6 nitrogen and oxygen atoms in total. The zero-order valence-corrected chi connectivity index (χ0v) is 16.8. The molecule has 144 valence electrons. The minimum Gasteiger partial charge on any atom is -0.503 e. The first-order valence-electron chi connectivity index (χ1n) is 7.90. The molecule has 1 aliphatic rings. The first-order chi connectivity index (χ1) is 13.3. The molecule has 2 aromatic rings. The van der Waals surface area contributed by atoms with Gasteiger partial charge in [0.2, 0.25) is 0 Å². The normalized spacial score (nSPS) is 15.4. The number of amides is 2. The van der Waals surface area contributed by atoms with Gasteiger partial charge in [0.05, 0.1) is 23.6 Å². The lowest BCUT2D eigenvalue weighted by Crippen LogP contribution is -2.33. The molecule has 3 rings (SSSR count). The van der Waals surface area contributed by atoms with Gasteiger partial charge < -0.3 is 9.84 Å². The number of carbonyl (C=O) groups excluding carboxylic acids is 3. The van der Waals surface area contributed by atoms with E-state index < -0.39 is 11.1 Å². The topological polar surface area (TPSA) is 83.9 Å². The molecule has 9 heteroatoms. The van der Waals surface area contributed by atoms with Crippen LogP contribution in [0.25, 0.3) is 6.08 Å². The van der Waals surface area contributed by atoms with E-state index in [0.29, 0.717) is 16.1 Å². The molecule has 0 bridgehead atoms. The van der Waals surface area contributed by atoms with Crippen molar-refractivity contribution < 1.29 is 24.2 Å². The molecule has 1 N–H and O–H groups in total. The van der Waals surface area contributed by atoms with Crippen molar-refractivity contribution in [3.8, 4) is 11.5 Å². The molecular formula is C19H13Cl2NO5S. The maximum atomic E-state index is 12.6. The number of nitrogens with zero attached hydrogens (tertiary/aromatic N) is 1. The van der Waals surface area contributed by atoms with E-state index in [1.54, 1.807) is 12.1 Å². The second-order valence-corrected chi connectivity index (χ2v) is 7.59. The number of benzene rings is 2. The highest BCUT2D eigenvalue weighted by Crippen LogP contribution is 2.38. The molecular weight excluding hydrogens is 425 g/mol. The van der Waals surface area contributed by atoms with Crippen LogP contribution in [0.3, 0.4) is 0 Å². The number of hydrogen-bond donors (Lipinski definition) is 1. The molecule has 1 saturated heterocycles. The number of thioether (sulfide) groups is 1. The summed E-state index contributed by atoms with van der Waals surface area (Å²) in [4.78, 5) is 38.2. The molecule has 1 aliphatic heterocycles. The van der Waals surface area contributed by atoms with Crippen LogP contribution in [0.15, 0.2) is 41.3 Å². The summed E-state index contributed by atoms with van der Waals surface area (Å²) in [5, 5.41) is 9.76. The van der Waals surface area contributed by atoms with Crippen LogP contribution in [0, 0.1) is 0 Å². The molecule has 2 amide bonds. The third-order valence-corrected chi connectivity index (χ3v) is 5.36. The van der Waals surface area contributed by atoms with Gasteiger partial charge in [0.25, 0.3) is 11.1 Å². The fraction of sp³-hybridized carbons (Fsp3) is 0.105. The Morgan fingerprint density at radius 3 is 2.54 bits per heavy atom. The van der Waals surface area contributed by atoms with Gasteiger partial charge in [-0.3, -0.25) is 19.3 Å². The number of phenols is 1. The Balaban J connectivity index is 1.81. The number of imide groups is 1. The average Bonchev–Trinajstić information content (AvgIpc) is 2.92. The fourth-order valence-corrected chi connectivity index (χ4v) is 3.67. The molecule has 0 unspecified atom stereocenters. The first kappa shape index (κ1) is 20.3. The summed E-state index contributed by atoms with van der Waals surface area (Å²) in [6.07, 6.45) is 1.45. The lowest BCUT2D eigenvalue weighted by atomic mass is 10.1. The SMILES string of the molecule is COc1cc(C=C2SC(=O)N(CC(=O)c3ccc(Cl)cc3)C2=O)cc(Cl)c1O. The Hall–Kier alpha value is -2.48. The van der Waals surface area contributed by atoms with E-state index in [-0.39, 0.29) is 33.8 Å². The first-order valence-corrected chi connectivity index (χ1v) is 9.48. The van der Waals surface area contributed by atoms with Gasteiger partial charge in [-0.2, -0.15) is 0 Å². The lowest BCUT2D eigenvalue weighted by Gasteiger charge is -2.11. The molecule has 0 aromatic heterocycles. The summed E-state index contributed by atoms with van der Waals surface area (Å²) < 4.78 is 5.02. The average molecular weight is 438 g/mol. The maximum Gasteiger partial charge on any atom is 0.293 e. The van der Waals surface area contributed by atoms with Crippen molar-refractivity contribution in [1.29, 1.82) is 0 Å². The largest absolute Gasteiger partial charge is 0.503 e. The van der Waals surface area contributed by atoms with E-state index in [0.717, 1.165) is 16.7 Å². The molecule has 0 atom stereocenters. The molecule has 2 aromatic carbocycles. The van der Waals surface area contributed by atoms with Crippen molar-refractivity contribution >= 4 is 58.0 Å². The van der Waals surface area contributed by atoms with Crippen LogP contribution >= 0.6 is 35.0 Å². The smallest absolute Gasteiger partial charge is 0.293 e. The van der Waals surface area contributed by atoms with E-state index >= 15 is 0 Å². The Kier molecular flexibility index (Phi) is 5.98. The van der Waals surface area contributed by atoms with E-state index in [4.69, 9.17) is 27.9 Å². The van der Waals surface area contributed by atoms with Crippen molar-refractivity contribution in [2.75, 3.05) is 13.7 Å². The minimum atomic E-state index is -0.583. The minimum absolute atomic E-state index is 0.0442. The number of methoxy groups -OCH3 is 1. The molecule has 0 radical (unpaired) electrons. The summed E-state index contributed by atoms with van der Waals surface area (Å²) in [7, 11) is 1.37. The van der Waals surface area contributed by atoms with Gasteiger partial charge in [-0.05, 0) is 59.8 Å².